The van der Waals surface area contributed by atoms with E-state index in [2.05, 4.69) is 0 Å². The topological polar surface area (TPSA) is 63.7 Å². The predicted octanol–water partition coefficient (Wildman–Crippen LogP) is 8.22. The third kappa shape index (κ3) is 6.48. The van der Waals surface area contributed by atoms with Gasteiger partial charge in [-0.1, -0.05) is 91.0 Å². The largest absolute Gasteiger partial charge is 0.465 e. The summed E-state index contributed by atoms with van der Waals surface area (Å²) in [5.74, 6) is -1.02. The first-order valence-electron chi connectivity index (χ1n) is 15.4. The summed E-state index contributed by atoms with van der Waals surface area (Å²) in [6.07, 6.45) is -3.00. The number of amides is 1. The highest BCUT2D eigenvalue weighted by molar-refractivity contribution is 6.02. The third-order valence-electron chi connectivity index (χ3n) is 8.82. The highest BCUT2D eigenvalue weighted by atomic mass is 19.4. The molecule has 0 fully saturated rings. The van der Waals surface area contributed by atoms with Gasteiger partial charge < -0.3 is 9.64 Å². The molecule has 0 saturated carbocycles. The number of rotatable bonds is 10. The first-order chi connectivity index (χ1) is 22.1. The fraction of sp³-hybridized carbons (Fsp3) is 0.289. The van der Waals surface area contributed by atoms with Crippen LogP contribution in [0.1, 0.15) is 71.1 Å². The molecule has 4 aromatic rings. The van der Waals surface area contributed by atoms with E-state index < -0.39 is 23.1 Å². The molecule has 4 aromatic carbocycles. The fourth-order valence-electron chi connectivity index (χ4n) is 6.51. The summed E-state index contributed by atoms with van der Waals surface area (Å²) in [4.78, 5) is 42.3. The minimum atomic E-state index is -4.44. The Kier molecular flexibility index (Phi) is 9.75. The maximum Gasteiger partial charge on any atom is 0.416 e. The number of ketones is 1. The molecule has 1 aliphatic carbocycles. The van der Waals surface area contributed by atoms with E-state index in [4.69, 9.17) is 4.74 Å². The normalized spacial score (nSPS) is 17.5. The third-order valence-corrected chi connectivity index (χ3v) is 8.82. The van der Waals surface area contributed by atoms with Crippen molar-refractivity contribution in [2.75, 3.05) is 20.2 Å². The van der Waals surface area contributed by atoms with E-state index in [1.807, 2.05) is 54.6 Å². The molecule has 1 amide bonds. The Hall–Kier alpha value is -4.72. The number of carbonyl (C=O) groups is 3. The van der Waals surface area contributed by atoms with Crippen molar-refractivity contribution in [2.24, 2.45) is 0 Å². The van der Waals surface area contributed by atoms with Crippen molar-refractivity contribution in [3.05, 3.63) is 131 Å². The van der Waals surface area contributed by atoms with Gasteiger partial charge in [-0.3, -0.25) is 14.4 Å². The number of benzene rings is 4. The summed E-state index contributed by atoms with van der Waals surface area (Å²) < 4.78 is 44.7. The molecule has 5 rings (SSSR count). The minimum Gasteiger partial charge on any atom is -0.465 e. The molecular weight excluding hydrogens is 591 g/mol. The van der Waals surface area contributed by atoms with Crippen molar-refractivity contribution in [1.82, 2.24) is 4.90 Å². The molecule has 238 valence electrons. The second-order valence-electron chi connectivity index (χ2n) is 11.6. The van der Waals surface area contributed by atoms with Gasteiger partial charge in [0.25, 0.3) is 0 Å². The summed E-state index contributed by atoms with van der Waals surface area (Å²) in [7, 11) is 1.72. The fourth-order valence-corrected chi connectivity index (χ4v) is 6.51. The van der Waals surface area contributed by atoms with Gasteiger partial charge in [0.1, 0.15) is 5.41 Å². The van der Waals surface area contributed by atoms with Gasteiger partial charge in [-0.2, -0.15) is 13.2 Å². The molecule has 0 radical (unpaired) electrons. The molecule has 1 aliphatic rings. The number of nitrogens with zero attached hydrogens (tertiary/aromatic N) is 1. The number of ether oxygens (including phenoxy) is 1. The Morgan fingerprint density at radius 3 is 2.22 bits per heavy atom. The zero-order valence-corrected chi connectivity index (χ0v) is 25.8. The first kappa shape index (κ1) is 32.7. The number of Topliss-reactive ketones (excluding diaryl/α,β-unsaturated/α-hetero) is 1. The smallest absolute Gasteiger partial charge is 0.416 e. The second kappa shape index (κ2) is 13.7. The van der Waals surface area contributed by atoms with Gasteiger partial charge in [0.2, 0.25) is 5.91 Å². The summed E-state index contributed by atoms with van der Waals surface area (Å²) in [5, 5.41) is 0. The van der Waals surface area contributed by atoms with Gasteiger partial charge in [-0.25, -0.2) is 0 Å². The zero-order chi connectivity index (χ0) is 32.9. The van der Waals surface area contributed by atoms with Crippen molar-refractivity contribution in [3.63, 3.8) is 0 Å². The lowest BCUT2D eigenvalue weighted by Gasteiger charge is -2.41. The van der Waals surface area contributed by atoms with Crippen molar-refractivity contribution < 1.29 is 32.3 Å². The van der Waals surface area contributed by atoms with Crippen LogP contribution in [0.15, 0.2) is 103 Å². The van der Waals surface area contributed by atoms with E-state index in [0.717, 1.165) is 28.8 Å². The highest BCUT2D eigenvalue weighted by Crippen LogP contribution is 2.48. The molecule has 0 N–H and O–H groups in total. The lowest BCUT2D eigenvalue weighted by Crippen LogP contribution is -2.45. The maximum absolute atomic E-state index is 13.8. The van der Waals surface area contributed by atoms with Crippen molar-refractivity contribution in [2.45, 2.75) is 50.1 Å². The average molecular weight is 628 g/mol. The van der Waals surface area contributed by atoms with Crippen molar-refractivity contribution in [3.8, 4) is 11.1 Å². The SMILES string of the molecule is CCOC(=O)[C@]1(c2ccccc2)CC[C@@H](C(=O)N(C)CCCC(=O)c2ccccc2-c2ccc(C(F)(F)F)cc2)c2ccccc21. The van der Waals surface area contributed by atoms with Crippen LogP contribution < -0.4 is 0 Å². The van der Waals surface area contributed by atoms with E-state index in [1.165, 1.54) is 12.1 Å². The molecule has 0 heterocycles. The summed E-state index contributed by atoms with van der Waals surface area (Å²) in [5.41, 5.74) is 2.14. The monoisotopic (exact) mass is 627 g/mol. The van der Waals surface area contributed by atoms with Crippen LogP contribution in [0.2, 0.25) is 0 Å². The van der Waals surface area contributed by atoms with Crippen LogP contribution in [0.4, 0.5) is 13.2 Å². The Morgan fingerprint density at radius 1 is 0.870 bits per heavy atom. The lowest BCUT2D eigenvalue weighted by molar-refractivity contribution is -0.149. The van der Waals surface area contributed by atoms with Gasteiger partial charge in [-0.05, 0) is 66.1 Å². The van der Waals surface area contributed by atoms with E-state index in [9.17, 15) is 27.6 Å². The molecule has 8 heteroatoms. The van der Waals surface area contributed by atoms with Crippen molar-refractivity contribution in [1.29, 1.82) is 0 Å². The molecular formula is C38H36F3NO4. The Labute approximate surface area is 267 Å². The van der Waals surface area contributed by atoms with Gasteiger partial charge >= 0.3 is 12.1 Å². The number of hydrogen-bond donors (Lipinski definition) is 0. The second-order valence-corrected chi connectivity index (χ2v) is 11.6. The number of carbonyl (C=O) groups excluding carboxylic acids is 3. The molecule has 0 aliphatic heterocycles. The highest BCUT2D eigenvalue weighted by Gasteiger charge is 2.49. The first-order valence-corrected chi connectivity index (χ1v) is 15.4. The number of hydrogen-bond acceptors (Lipinski definition) is 4. The molecule has 0 saturated heterocycles. The molecule has 0 aromatic heterocycles. The number of alkyl halides is 3. The van der Waals surface area contributed by atoms with E-state index >= 15 is 0 Å². The van der Waals surface area contributed by atoms with Gasteiger partial charge in [0.15, 0.2) is 5.78 Å². The van der Waals surface area contributed by atoms with E-state index in [0.29, 0.717) is 42.5 Å². The van der Waals surface area contributed by atoms with Crippen LogP contribution in [-0.4, -0.2) is 42.8 Å². The Balaban J connectivity index is 1.29. The molecule has 0 bridgehead atoms. The number of halogens is 3. The zero-order valence-electron chi connectivity index (χ0n) is 25.8. The molecule has 0 spiro atoms. The Morgan fingerprint density at radius 2 is 1.52 bits per heavy atom. The standard InChI is InChI=1S/C38H36F3NO4/c1-3-46-36(45)37(27-12-5-4-6-13-27)24-23-32(30-15-9-10-17-33(30)37)35(44)42(2)25-11-18-34(43)31-16-8-7-14-29(31)26-19-21-28(22-20-26)38(39,40)41/h4-10,12-17,19-22,32H,3,11,18,23-25H2,1-2H3/t32-,37+/m1/s1. The van der Waals surface area contributed by atoms with Gasteiger partial charge in [0, 0.05) is 25.6 Å². The summed E-state index contributed by atoms with van der Waals surface area (Å²) in [6, 6.07) is 28.7. The van der Waals surface area contributed by atoms with Crippen LogP contribution in [0.3, 0.4) is 0 Å². The summed E-state index contributed by atoms with van der Waals surface area (Å²) in [6.45, 7) is 2.37. The van der Waals surface area contributed by atoms with Gasteiger partial charge in [0.05, 0.1) is 18.1 Å². The Bertz CT molecular complexity index is 1700. The molecule has 5 nitrogen and oxygen atoms in total. The quantitative estimate of drug-likeness (QED) is 0.131. The molecule has 46 heavy (non-hydrogen) atoms. The van der Waals surface area contributed by atoms with Crippen LogP contribution in [0.5, 0.6) is 0 Å². The van der Waals surface area contributed by atoms with Crippen LogP contribution >= 0.6 is 0 Å². The van der Waals surface area contributed by atoms with Gasteiger partial charge in [-0.15, -0.1) is 0 Å². The number of esters is 1. The van der Waals surface area contributed by atoms with E-state index in [-0.39, 0.29) is 30.7 Å². The molecule has 0 unspecified atom stereocenters. The van der Waals surface area contributed by atoms with Crippen molar-refractivity contribution >= 4 is 17.7 Å². The number of fused-ring (bicyclic) bond motifs is 1. The average Bonchev–Trinajstić information content (AvgIpc) is 3.07. The molecule has 2 atom stereocenters. The van der Waals surface area contributed by atoms with Crippen LogP contribution in [0, 0.1) is 0 Å². The van der Waals surface area contributed by atoms with Crippen LogP contribution in [-0.2, 0) is 25.9 Å². The predicted molar refractivity (Wildman–Crippen MR) is 170 cm³/mol. The minimum absolute atomic E-state index is 0.0874. The summed E-state index contributed by atoms with van der Waals surface area (Å²) >= 11 is 0. The maximum atomic E-state index is 13.8. The van der Waals surface area contributed by atoms with E-state index in [1.54, 1.807) is 43.1 Å². The lowest BCUT2D eigenvalue weighted by atomic mass is 9.63. The van der Waals surface area contributed by atoms with Crippen LogP contribution in [0.25, 0.3) is 11.1 Å². The number of likely N-dealkylation sites (N-methyl/N-ethyl adjacent to an activating group) is 1.